The van der Waals surface area contributed by atoms with Crippen LogP contribution in [0.25, 0.3) is 0 Å². The van der Waals surface area contributed by atoms with Crippen molar-refractivity contribution in [3.8, 4) is 0 Å². The molecule has 0 aromatic carbocycles. The zero-order valence-electron chi connectivity index (χ0n) is 6.08. The van der Waals surface area contributed by atoms with E-state index in [2.05, 4.69) is 0 Å². The van der Waals surface area contributed by atoms with E-state index in [0.717, 1.165) is 0 Å². The van der Waals surface area contributed by atoms with Gasteiger partial charge in [0, 0.05) is 0 Å². The summed E-state index contributed by atoms with van der Waals surface area (Å²) in [5.74, 6) is 0. The largest absolute Gasteiger partial charge is 4.00 e. The summed E-state index contributed by atoms with van der Waals surface area (Å²) in [4.78, 5) is 33.8. The first-order chi connectivity index (χ1) is 5.66. The molecule has 0 atom stereocenters. The first-order valence-corrected chi connectivity index (χ1v) is 5.66. The summed E-state index contributed by atoms with van der Waals surface area (Å²) < 4.78 is 33.8. The topological polar surface area (TPSA) is 161 Å². The van der Waals surface area contributed by atoms with Crippen molar-refractivity contribution in [2.75, 3.05) is 0 Å². The summed E-state index contributed by atoms with van der Waals surface area (Å²) in [6.45, 7) is 0. The van der Waals surface area contributed by atoms with E-state index >= 15 is 0 Å². The van der Waals surface area contributed by atoms with E-state index in [4.69, 9.17) is 37.0 Å². The van der Waals surface area contributed by atoms with Gasteiger partial charge in [0.2, 0.25) is 0 Å². The Morgan fingerprint density at radius 1 is 0.538 bits per heavy atom. The molecule has 0 spiro atoms. The molecule has 0 N–H and O–H groups in total. The van der Waals surface area contributed by atoms with Crippen LogP contribution < -0.4 is 19.2 Å². The Morgan fingerprint density at radius 2 is 0.538 bits per heavy atom. The molecule has 0 saturated carbocycles. The Morgan fingerprint density at radius 3 is 0.538 bits per heavy atom. The van der Waals surface area contributed by atoms with Gasteiger partial charge in [0.15, 0.2) is 0 Å². The van der Waals surface area contributed by atoms with Crippen LogP contribution in [0, 0.1) is 0 Å². The second-order valence-electron chi connectivity index (χ2n) is 0.385. The van der Waals surface area contributed by atoms with Crippen molar-refractivity contribution < 1.29 is 37.0 Å². The van der Waals surface area contributed by atoms with E-state index in [1.165, 1.54) is 0 Å². The van der Waals surface area contributed by atoms with Crippen LogP contribution in [-0.2, 0) is 17.8 Å². The van der Waals surface area contributed by atoms with Crippen molar-refractivity contribution in [2.45, 2.75) is 0 Å². The van der Waals surface area contributed by atoms with Crippen LogP contribution in [0.15, 0.2) is 0 Å². The monoisotopic (exact) mass is 272 g/mol. The molecule has 13 heavy (non-hydrogen) atoms. The average Bonchev–Trinajstić information content (AvgIpc) is 1.92. The Kier molecular flexibility index (Phi) is 235. The zero-order valence-corrected chi connectivity index (χ0v) is 11.7. The van der Waals surface area contributed by atoms with E-state index in [9.17, 15) is 0 Å². The second kappa shape index (κ2) is 104. The minimum atomic E-state index is -1.75. The van der Waals surface area contributed by atoms with Crippen LogP contribution in [0.5, 0.6) is 0 Å². The second-order valence-corrected chi connectivity index (χ2v) is 1.15. The fraction of sp³-hybridized carbons (Fsp3) is 0. The molecule has 0 saturated heterocycles. The molecule has 0 bridgehead atoms. The predicted molar refractivity (Wildman–Crippen MR) is 37.1 cm³/mol. The Hall–Kier alpha value is -0.516. The Balaban J connectivity index is -0.0000000213. The summed E-state index contributed by atoms with van der Waals surface area (Å²) in [6.07, 6.45) is 0. The molecule has 0 amide bonds. The van der Waals surface area contributed by atoms with Crippen molar-refractivity contribution in [2.24, 2.45) is 0 Å². The van der Waals surface area contributed by atoms with Crippen LogP contribution in [0.3, 0.4) is 0 Å². The molecule has 0 aliphatic carbocycles. The molecule has 0 fully saturated rings. The fourth-order valence-corrected chi connectivity index (χ4v) is 0. The van der Waals surface area contributed by atoms with Gasteiger partial charge < -0.3 is 37.0 Å². The van der Waals surface area contributed by atoms with E-state index in [-0.39, 0.29) is 11.0 Å². The molecule has 0 radical (unpaired) electrons. The van der Waals surface area contributed by atoms with Gasteiger partial charge in [-0.15, -0.1) is 0 Å². The molecule has 0 aliphatic rings. The van der Waals surface area contributed by atoms with Gasteiger partial charge in [-0.1, -0.05) is 0 Å². The first-order valence-electron chi connectivity index (χ1n) is 1.89. The smallest absolute Gasteiger partial charge is 0.591 e. The van der Waals surface area contributed by atoms with Crippen molar-refractivity contribution in [1.29, 1.82) is 0 Å². The first kappa shape index (κ1) is 29.4. The molecular formula is H4O8Si5. The van der Waals surface area contributed by atoms with Crippen LogP contribution in [0.2, 0.25) is 0 Å². The summed E-state index contributed by atoms with van der Waals surface area (Å²) in [6, 6.07) is 0. The van der Waals surface area contributed by atoms with Crippen molar-refractivity contribution in [3.05, 3.63) is 0 Å². The third-order valence-corrected chi connectivity index (χ3v) is 0. The average molecular weight is 272 g/mol. The quantitative estimate of drug-likeness (QED) is 0.393. The number of hydrogen-bond donors (Lipinski definition) is 0. The molecule has 0 aromatic rings. The van der Waals surface area contributed by atoms with E-state index < -0.39 is 38.6 Å². The standard InChI is InChI=1S/4HO2Si.Si/c4*1-3-2;/h4*3H;/q4*-1;+4. The minimum absolute atomic E-state index is 0. The van der Waals surface area contributed by atoms with Crippen molar-refractivity contribution in [3.63, 3.8) is 0 Å². The summed E-state index contributed by atoms with van der Waals surface area (Å²) in [5.41, 5.74) is 0. The molecule has 0 aliphatic heterocycles. The molecule has 0 rings (SSSR count). The van der Waals surface area contributed by atoms with E-state index in [0.29, 0.717) is 0 Å². The van der Waals surface area contributed by atoms with Gasteiger partial charge in [-0.05, 0) is 0 Å². The maximum atomic E-state index is 8.46. The molecule has 8 nitrogen and oxygen atoms in total. The maximum absolute atomic E-state index is 8.46. The van der Waals surface area contributed by atoms with Crippen LogP contribution >= 0.6 is 0 Å². The number of hydrogen-bond acceptors (Lipinski definition) is 8. The van der Waals surface area contributed by atoms with Gasteiger partial charge in [0.25, 0.3) is 0 Å². The van der Waals surface area contributed by atoms with Crippen molar-refractivity contribution in [1.82, 2.24) is 0 Å². The third-order valence-electron chi connectivity index (χ3n) is 0. The van der Waals surface area contributed by atoms with Gasteiger partial charge in [0.05, 0.1) is 0 Å². The summed E-state index contributed by atoms with van der Waals surface area (Å²) in [7, 11) is -7.00. The maximum Gasteiger partial charge on any atom is 4.00 e. The molecule has 13 heteroatoms. The minimum Gasteiger partial charge on any atom is -0.591 e. The van der Waals surface area contributed by atoms with Crippen molar-refractivity contribution >= 4 is 49.6 Å². The third kappa shape index (κ3) is 3890. The SMILES string of the molecule is O=[SiH][O-].O=[SiH][O-].O=[SiH][O-].O=[SiH][O-].[Si+4]. The van der Waals surface area contributed by atoms with Crippen LogP contribution in [0.4, 0.5) is 0 Å². The molecular weight excluding hydrogens is 268 g/mol. The molecule has 0 aromatic heterocycles. The summed E-state index contributed by atoms with van der Waals surface area (Å²) in [5, 5.41) is 0. The zero-order chi connectivity index (χ0) is 10.8. The Bertz CT molecular complexity index is 66.5. The van der Waals surface area contributed by atoms with E-state index in [1.807, 2.05) is 0 Å². The van der Waals surface area contributed by atoms with Gasteiger partial charge in [-0.25, -0.2) is 0 Å². The summed E-state index contributed by atoms with van der Waals surface area (Å²) >= 11 is 0. The van der Waals surface area contributed by atoms with Gasteiger partial charge in [0.1, 0.15) is 38.6 Å². The van der Waals surface area contributed by atoms with E-state index in [1.54, 1.807) is 0 Å². The molecule has 0 unspecified atom stereocenters. The molecule has 72 valence electrons. The van der Waals surface area contributed by atoms with Crippen LogP contribution in [-0.4, -0.2) is 49.6 Å². The predicted octanol–water partition coefficient (Wildman–Crippen LogP) is -8.21. The number of rotatable bonds is 0. The normalized spacial score (nSPS) is 3.69. The van der Waals surface area contributed by atoms with Gasteiger partial charge >= 0.3 is 11.0 Å². The van der Waals surface area contributed by atoms with Gasteiger partial charge in [-0.3, -0.25) is 0 Å². The van der Waals surface area contributed by atoms with Gasteiger partial charge in [-0.2, -0.15) is 0 Å². The van der Waals surface area contributed by atoms with Crippen LogP contribution in [0.1, 0.15) is 0 Å². The fourth-order valence-electron chi connectivity index (χ4n) is 0. The molecule has 0 heterocycles. The Labute approximate surface area is 87.0 Å².